The first-order chi connectivity index (χ1) is 23.8. The SMILES string of the molecule is Cc1cc([C@@H](C)C(OC(=O)[N+]2(N3C=Cc4ccccc4N=C3)CCC3CC2O3)C(=O)N2CCC(C3CCN(C)CC3)CC2)cc2cn[nH]c12. The Bertz CT molecular complexity index is 1730. The standard InChI is InChI=1S/C38H48N7O4/c1-25-20-30(21-31-23-40-41-35(25)31)26(2)36(37(46)43-16-10-28(11-17-43)27-8-14-42(3)15-9-27)49-38(47)45(19-13-32-22-34(45)48-32)44-18-12-29-6-4-5-7-33(29)39-24-44/h4-7,12,18,20-21,23-24,26-28,32,34,36H,8-11,13-17,19,22H2,1-3H3,(H,40,41)/q+1/t26-,32?,34?,36?,45?/m1/s1. The molecule has 0 radical (unpaired) electrons. The molecule has 2 aromatic carbocycles. The van der Waals surface area contributed by atoms with Crippen molar-refractivity contribution in [3.05, 3.63) is 65.5 Å². The number of aliphatic imine (C=N–C) groups is 1. The van der Waals surface area contributed by atoms with Gasteiger partial charge in [0.2, 0.25) is 6.23 Å². The number of carbonyl (C=O) groups is 2. The molecule has 2 bridgehead atoms. The highest BCUT2D eigenvalue weighted by atomic mass is 16.6. The maximum absolute atomic E-state index is 14.8. The minimum Gasteiger partial charge on any atom is -0.404 e. The maximum atomic E-state index is 14.8. The summed E-state index contributed by atoms with van der Waals surface area (Å²) < 4.78 is 12.6. The van der Waals surface area contributed by atoms with Crippen LogP contribution in [0.1, 0.15) is 68.1 Å². The normalized spacial score (nSPS) is 27.3. The molecule has 49 heavy (non-hydrogen) atoms. The van der Waals surface area contributed by atoms with Gasteiger partial charge < -0.3 is 19.3 Å². The summed E-state index contributed by atoms with van der Waals surface area (Å²) in [6.07, 6.45) is 11.5. The van der Waals surface area contributed by atoms with Gasteiger partial charge in [-0.05, 0) is 93.9 Å². The average Bonchev–Trinajstić information content (AvgIpc) is 3.49. The van der Waals surface area contributed by atoms with Gasteiger partial charge in [0, 0.05) is 36.4 Å². The second kappa shape index (κ2) is 13.0. The zero-order valence-corrected chi connectivity index (χ0v) is 28.8. The first-order valence-electron chi connectivity index (χ1n) is 18.1. The number of quaternary nitrogens is 1. The number of rotatable bonds is 6. The molecule has 2 amide bonds. The van der Waals surface area contributed by atoms with E-state index in [4.69, 9.17) is 14.5 Å². The van der Waals surface area contributed by atoms with Crippen LogP contribution in [0.25, 0.3) is 17.0 Å². The van der Waals surface area contributed by atoms with Crippen molar-refractivity contribution in [2.45, 2.75) is 76.7 Å². The van der Waals surface area contributed by atoms with E-state index >= 15 is 0 Å². The van der Waals surface area contributed by atoms with Crippen LogP contribution in [0.4, 0.5) is 10.5 Å². The third kappa shape index (κ3) is 5.85. The number of amides is 2. The van der Waals surface area contributed by atoms with Gasteiger partial charge in [0.25, 0.3) is 5.91 Å². The number of hydrogen-bond acceptors (Lipinski definition) is 8. The number of nitrogens with one attached hydrogen (secondary N) is 1. The van der Waals surface area contributed by atoms with Crippen molar-refractivity contribution >= 4 is 41.0 Å². The third-order valence-electron chi connectivity index (χ3n) is 12.0. The molecule has 3 aromatic rings. The van der Waals surface area contributed by atoms with Crippen LogP contribution in [-0.4, -0.2) is 106 Å². The number of para-hydroxylation sites is 1. The highest BCUT2D eigenvalue weighted by molar-refractivity contribution is 5.86. The number of fused-ring (bicyclic) bond motifs is 4. The lowest BCUT2D eigenvalue weighted by atomic mass is 9.78. The fourth-order valence-electron chi connectivity index (χ4n) is 8.76. The summed E-state index contributed by atoms with van der Waals surface area (Å²) in [6.45, 7) is 8.20. The molecule has 0 saturated carbocycles. The van der Waals surface area contributed by atoms with Crippen molar-refractivity contribution in [2.75, 3.05) is 39.8 Å². The quantitative estimate of drug-likeness (QED) is 0.324. The number of carbonyl (C=O) groups excluding carboxylic acids is 2. The predicted molar refractivity (Wildman–Crippen MR) is 188 cm³/mol. The van der Waals surface area contributed by atoms with E-state index in [1.807, 2.05) is 60.3 Å². The number of likely N-dealkylation sites (tertiary alicyclic amines) is 2. The lowest BCUT2D eigenvalue weighted by Crippen LogP contribution is -2.75. The van der Waals surface area contributed by atoms with E-state index in [1.54, 1.807) is 12.5 Å². The number of nitrogens with zero attached hydrogens (tertiary/aromatic N) is 6. The number of benzene rings is 2. The first-order valence-corrected chi connectivity index (χ1v) is 18.1. The van der Waals surface area contributed by atoms with E-state index in [9.17, 15) is 9.59 Å². The second-order valence-corrected chi connectivity index (χ2v) is 14.9. The zero-order valence-electron chi connectivity index (χ0n) is 28.8. The summed E-state index contributed by atoms with van der Waals surface area (Å²) >= 11 is 0. The van der Waals surface area contributed by atoms with E-state index in [0.717, 1.165) is 71.6 Å². The number of aromatic amines is 1. The lowest BCUT2D eigenvalue weighted by Gasteiger charge is -2.54. The molecule has 6 aliphatic rings. The largest absolute Gasteiger partial charge is 0.544 e. The van der Waals surface area contributed by atoms with E-state index in [1.165, 1.54) is 12.8 Å². The number of aromatic nitrogens is 2. The highest BCUT2D eigenvalue weighted by Crippen LogP contribution is 2.42. The predicted octanol–water partition coefficient (Wildman–Crippen LogP) is 5.96. The molecule has 5 fully saturated rings. The Labute approximate surface area is 288 Å². The van der Waals surface area contributed by atoms with E-state index in [-0.39, 0.29) is 16.6 Å². The minimum absolute atomic E-state index is 0.123. The molecule has 6 aliphatic heterocycles. The first kappa shape index (κ1) is 32.2. The summed E-state index contributed by atoms with van der Waals surface area (Å²) in [7, 11) is 2.20. The smallest absolute Gasteiger partial charge is 0.404 e. The van der Waals surface area contributed by atoms with Crippen LogP contribution >= 0.6 is 0 Å². The van der Waals surface area contributed by atoms with E-state index < -0.39 is 24.3 Å². The second-order valence-electron chi connectivity index (χ2n) is 14.9. The van der Waals surface area contributed by atoms with Crippen LogP contribution in [0.2, 0.25) is 0 Å². The summed E-state index contributed by atoms with van der Waals surface area (Å²) in [4.78, 5) is 38.6. The lowest BCUT2D eigenvalue weighted by molar-refractivity contribution is -1.01. The molecule has 11 nitrogen and oxygen atoms in total. The summed E-state index contributed by atoms with van der Waals surface area (Å²) in [6, 6.07) is 12.0. The van der Waals surface area contributed by atoms with Crippen LogP contribution in [0, 0.1) is 18.8 Å². The molecule has 258 valence electrons. The molecule has 0 aliphatic carbocycles. The summed E-state index contributed by atoms with van der Waals surface area (Å²) in [5.41, 5.74) is 4.73. The van der Waals surface area contributed by atoms with Gasteiger partial charge in [-0.15, -0.1) is 0 Å². The molecule has 1 N–H and O–H groups in total. The Balaban J connectivity index is 1.09. The molecular formula is C38H48N7O4+. The summed E-state index contributed by atoms with van der Waals surface area (Å²) in [5, 5.41) is 10.1. The number of H-pyrrole nitrogens is 1. The fourth-order valence-corrected chi connectivity index (χ4v) is 8.76. The van der Waals surface area contributed by atoms with E-state index in [2.05, 4.69) is 34.3 Å². The van der Waals surface area contributed by atoms with Gasteiger partial charge >= 0.3 is 6.09 Å². The van der Waals surface area contributed by atoms with Crippen molar-refractivity contribution in [3.8, 4) is 0 Å². The number of ether oxygens (including phenoxy) is 2. The summed E-state index contributed by atoms with van der Waals surface area (Å²) in [5.74, 6) is 0.836. The zero-order chi connectivity index (χ0) is 33.7. The van der Waals surface area contributed by atoms with Crippen molar-refractivity contribution in [1.29, 1.82) is 0 Å². The fraction of sp³-hybridized carbons (Fsp3) is 0.526. The van der Waals surface area contributed by atoms with Crippen molar-refractivity contribution in [2.24, 2.45) is 16.8 Å². The molecular weight excluding hydrogens is 618 g/mol. The van der Waals surface area contributed by atoms with Crippen LogP contribution in [0.5, 0.6) is 0 Å². The van der Waals surface area contributed by atoms with Crippen LogP contribution < -0.4 is 0 Å². The van der Waals surface area contributed by atoms with E-state index in [0.29, 0.717) is 32.0 Å². The monoisotopic (exact) mass is 666 g/mol. The highest BCUT2D eigenvalue weighted by Gasteiger charge is 2.62. The third-order valence-corrected chi connectivity index (χ3v) is 12.0. The van der Waals surface area contributed by atoms with Gasteiger partial charge in [-0.1, -0.05) is 35.8 Å². The van der Waals surface area contributed by atoms with Crippen LogP contribution in [0.15, 0.2) is 53.8 Å². The number of piperidine rings is 3. The number of aryl methyl sites for hydroxylation is 1. The maximum Gasteiger partial charge on any atom is 0.544 e. The van der Waals surface area contributed by atoms with Crippen LogP contribution in [-0.2, 0) is 14.3 Å². The topological polar surface area (TPSA) is 103 Å². The Morgan fingerprint density at radius 3 is 2.51 bits per heavy atom. The van der Waals surface area contributed by atoms with Crippen molar-refractivity contribution < 1.29 is 23.7 Å². The van der Waals surface area contributed by atoms with Gasteiger partial charge in [0.05, 0.1) is 36.1 Å². The van der Waals surface area contributed by atoms with Gasteiger partial charge in [-0.3, -0.25) is 9.89 Å². The van der Waals surface area contributed by atoms with Crippen molar-refractivity contribution in [1.82, 2.24) is 25.0 Å². The Morgan fingerprint density at radius 2 is 1.78 bits per heavy atom. The van der Waals surface area contributed by atoms with Gasteiger partial charge in [0.1, 0.15) is 12.9 Å². The Morgan fingerprint density at radius 1 is 1.04 bits per heavy atom. The Hall–Kier alpha value is -4.06. The average molecular weight is 667 g/mol. The van der Waals surface area contributed by atoms with Gasteiger partial charge in [0.15, 0.2) is 6.10 Å². The molecule has 7 heterocycles. The van der Waals surface area contributed by atoms with Gasteiger partial charge in [-0.25, -0.2) is 4.99 Å². The number of hydrogen-bond donors (Lipinski definition) is 1. The van der Waals surface area contributed by atoms with Crippen LogP contribution in [0.3, 0.4) is 0 Å². The van der Waals surface area contributed by atoms with Gasteiger partial charge in [-0.2, -0.15) is 14.9 Å². The van der Waals surface area contributed by atoms with Crippen molar-refractivity contribution in [3.63, 3.8) is 0 Å². The molecule has 4 unspecified atom stereocenters. The molecule has 11 heteroatoms. The molecule has 0 spiro atoms. The molecule has 9 rings (SSSR count). The minimum atomic E-state index is -1.01. The molecule has 5 saturated heterocycles. The Kier molecular flexibility index (Phi) is 8.53. The molecule has 5 atom stereocenters. The molecule has 1 aromatic heterocycles.